The third kappa shape index (κ3) is 0.997. The highest BCUT2D eigenvalue weighted by Crippen LogP contribution is 2.31. The van der Waals surface area contributed by atoms with Gasteiger partial charge in [0.2, 0.25) is 0 Å². The molecule has 0 unspecified atom stereocenters. The minimum atomic E-state index is -0.0169. The minimum absolute atomic E-state index is 0.0169. The second-order valence-corrected chi connectivity index (χ2v) is 4.07. The van der Waals surface area contributed by atoms with Gasteiger partial charge in [0.1, 0.15) is 0 Å². The normalized spacial score (nSPS) is 21.3. The van der Waals surface area contributed by atoms with E-state index in [4.69, 9.17) is 0 Å². The maximum atomic E-state index is 11.3. The van der Waals surface area contributed by atoms with Gasteiger partial charge in [-0.15, -0.1) is 0 Å². The Kier molecular flexibility index (Phi) is 1.63. The molecule has 0 bridgehead atoms. The molecular weight excluding hydrogens is 178 g/mol. The number of carbonyl (C=O) groups is 1. The first-order valence-electron chi connectivity index (χ1n) is 5.20. The van der Waals surface area contributed by atoms with Crippen molar-refractivity contribution in [3.63, 3.8) is 0 Å². The van der Waals surface area contributed by atoms with Gasteiger partial charge in [0.25, 0.3) is 5.91 Å². The van der Waals surface area contributed by atoms with Gasteiger partial charge >= 0.3 is 0 Å². The molecule has 0 saturated heterocycles. The highest BCUT2D eigenvalue weighted by Gasteiger charge is 2.28. The number of carbonyl (C=O) groups excluding carboxylic acids is 1. The van der Waals surface area contributed by atoms with Crippen LogP contribution in [0.1, 0.15) is 47.9 Å². The van der Waals surface area contributed by atoms with E-state index in [-0.39, 0.29) is 5.91 Å². The van der Waals surface area contributed by atoms with Crippen LogP contribution in [0.2, 0.25) is 0 Å². The van der Waals surface area contributed by atoms with Gasteiger partial charge in [-0.1, -0.05) is 12.8 Å². The molecule has 1 amide bonds. The lowest BCUT2D eigenvalue weighted by atomic mass is 10.2. The Hall–Kier alpha value is -1.32. The first kappa shape index (κ1) is 8.03. The zero-order valence-corrected chi connectivity index (χ0v) is 7.99. The summed E-state index contributed by atoms with van der Waals surface area (Å²) in [6.45, 7) is 0.657. The predicted molar refractivity (Wildman–Crippen MR) is 50.9 cm³/mol. The summed E-state index contributed by atoms with van der Waals surface area (Å²) in [4.78, 5) is 15.5. The molecule has 0 radical (unpaired) electrons. The topological polar surface area (TPSA) is 46.9 Å². The lowest BCUT2D eigenvalue weighted by Crippen LogP contribution is -2.15. The summed E-state index contributed by atoms with van der Waals surface area (Å²) >= 11 is 0. The largest absolute Gasteiger partial charge is 0.345 e. The summed E-state index contributed by atoms with van der Waals surface area (Å²) in [5.74, 6) is -0.0169. The van der Waals surface area contributed by atoms with Crippen LogP contribution in [0.25, 0.3) is 0 Å². The quantitative estimate of drug-likeness (QED) is 0.726. The van der Waals surface area contributed by atoms with Gasteiger partial charge in [0, 0.05) is 6.04 Å². The van der Waals surface area contributed by atoms with Crippen LogP contribution < -0.4 is 5.32 Å². The zero-order valence-electron chi connectivity index (χ0n) is 7.99. The molecule has 4 nitrogen and oxygen atoms in total. The fraction of sp³-hybridized carbons (Fsp3) is 0.600. The van der Waals surface area contributed by atoms with E-state index >= 15 is 0 Å². The number of fused-ring (bicyclic) bond motifs is 1. The first-order chi connectivity index (χ1) is 6.86. The van der Waals surface area contributed by atoms with Crippen LogP contribution >= 0.6 is 0 Å². The Labute approximate surface area is 82.3 Å². The van der Waals surface area contributed by atoms with Crippen molar-refractivity contribution < 1.29 is 4.79 Å². The maximum Gasteiger partial charge on any atom is 0.272 e. The standard InChI is InChI=1S/C10H13N3O/c14-10-9-8(5-11-10)13(6-12-9)7-3-1-2-4-7/h6-7H,1-5H2,(H,11,14). The van der Waals surface area contributed by atoms with Crippen molar-refractivity contribution in [1.82, 2.24) is 14.9 Å². The highest BCUT2D eigenvalue weighted by molar-refractivity contribution is 5.95. The number of imidazole rings is 1. The van der Waals surface area contributed by atoms with Gasteiger partial charge in [-0.2, -0.15) is 0 Å². The summed E-state index contributed by atoms with van der Waals surface area (Å²) in [5, 5.41) is 2.81. The monoisotopic (exact) mass is 191 g/mol. The van der Waals surface area contributed by atoms with Gasteiger partial charge in [-0.3, -0.25) is 4.79 Å². The number of nitrogens with zero attached hydrogens (tertiary/aromatic N) is 2. The Morgan fingerprint density at radius 1 is 1.43 bits per heavy atom. The molecule has 74 valence electrons. The van der Waals surface area contributed by atoms with Crippen molar-refractivity contribution in [2.24, 2.45) is 0 Å². The fourth-order valence-corrected chi connectivity index (χ4v) is 2.50. The molecule has 1 fully saturated rings. The third-order valence-corrected chi connectivity index (χ3v) is 3.25. The average molecular weight is 191 g/mol. The number of amides is 1. The van der Waals surface area contributed by atoms with Gasteiger partial charge in [0.05, 0.1) is 18.6 Å². The molecule has 14 heavy (non-hydrogen) atoms. The summed E-state index contributed by atoms with van der Waals surface area (Å²) in [5.41, 5.74) is 1.72. The van der Waals surface area contributed by atoms with Crippen molar-refractivity contribution in [2.75, 3.05) is 0 Å². The van der Waals surface area contributed by atoms with Gasteiger partial charge in [-0.25, -0.2) is 4.98 Å². The van der Waals surface area contributed by atoms with E-state index in [0.717, 1.165) is 5.69 Å². The average Bonchev–Trinajstić information content (AvgIpc) is 2.84. The van der Waals surface area contributed by atoms with E-state index in [2.05, 4.69) is 14.9 Å². The van der Waals surface area contributed by atoms with E-state index < -0.39 is 0 Å². The molecule has 1 aromatic heterocycles. The number of nitrogens with one attached hydrogen (secondary N) is 1. The lowest BCUT2D eigenvalue weighted by molar-refractivity contribution is 0.0961. The second-order valence-electron chi connectivity index (χ2n) is 4.07. The van der Waals surface area contributed by atoms with E-state index in [9.17, 15) is 4.79 Å². The van der Waals surface area contributed by atoms with E-state index in [1.54, 1.807) is 0 Å². The van der Waals surface area contributed by atoms with Crippen LogP contribution in [0, 0.1) is 0 Å². The molecule has 2 heterocycles. The maximum absolute atomic E-state index is 11.3. The van der Waals surface area contributed by atoms with Gasteiger partial charge < -0.3 is 9.88 Å². The molecule has 1 aliphatic carbocycles. The molecule has 1 N–H and O–H groups in total. The van der Waals surface area contributed by atoms with Crippen molar-refractivity contribution >= 4 is 5.91 Å². The lowest BCUT2D eigenvalue weighted by Gasteiger charge is -2.13. The van der Waals surface area contributed by atoms with Crippen LogP contribution in [0.5, 0.6) is 0 Å². The molecule has 4 heteroatoms. The molecule has 1 saturated carbocycles. The van der Waals surface area contributed by atoms with Crippen LogP contribution in [0.4, 0.5) is 0 Å². The fourth-order valence-electron chi connectivity index (χ4n) is 2.50. The molecule has 0 atom stereocenters. The Bertz CT molecular complexity index is 377. The third-order valence-electron chi connectivity index (χ3n) is 3.25. The van der Waals surface area contributed by atoms with Gasteiger partial charge in [-0.05, 0) is 12.8 Å². The highest BCUT2D eigenvalue weighted by atomic mass is 16.2. The molecule has 1 aliphatic heterocycles. The van der Waals surface area contributed by atoms with Crippen LogP contribution in [0.3, 0.4) is 0 Å². The molecule has 2 aliphatic rings. The van der Waals surface area contributed by atoms with Crippen molar-refractivity contribution in [2.45, 2.75) is 38.3 Å². The van der Waals surface area contributed by atoms with Crippen LogP contribution in [-0.2, 0) is 6.54 Å². The van der Waals surface area contributed by atoms with Crippen molar-refractivity contribution in [3.05, 3.63) is 17.7 Å². The number of hydrogen-bond donors (Lipinski definition) is 1. The second kappa shape index (κ2) is 2.83. The zero-order chi connectivity index (χ0) is 9.54. The minimum Gasteiger partial charge on any atom is -0.345 e. The predicted octanol–water partition coefficient (Wildman–Crippen LogP) is 1.24. The molecule has 1 aromatic rings. The first-order valence-corrected chi connectivity index (χ1v) is 5.20. The van der Waals surface area contributed by atoms with E-state index in [0.29, 0.717) is 18.3 Å². The summed E-state index contributed by atoms with van der Waals surface area (Å²) in [7, 11) is 0. The molecule has 0 aromatic carbocycles. The van der Waals surface area contributed by atoms with E-state index in [1.807, 2.05) is 6.33 Å². The Morgan fingerprint density at radius 2 is 2.21 bits per heavy atom. The van der Waals surface area contributed by atoms with Crippen molar-refractivity contribution in [1.29, 1.82) is 0 Å². The van der Waals surface area contributed by atoms with E-state index in [1.165, 1.54) is 25.7 Å². The Balaban J connectivity index is 1.99. The van der Waals surface area contributed by atoms with Crippen LogP contribution in [0.15, 0.2) is 6.33 Å². The van der Waals surface area contributed by atoms with Gasteiger partial charge in [0.15, 0.2) is 5.69 Å². The molecule has 3 rings (SSSR count). The molecular formula is C10H13N3O. The summed E-state index contributed by atoms with van der Waals surface area (Å²) in [6, 6.07) is 0.582. The Morgan fingerprint density at radius 3 is 3.00 bits per heavy atom. The number of hydrogen-bond acceptors (Lipinski definition) is 2. The molecule has 0 spiro atoms. The summed E-state index contributed by atoms with van der Waals surface area (Å²) in [6.07, 6.45) is 6.91. The van der Waals surface area contributed by atoms with Crippen molar-refractivity contribution in [3.8, 4) is 0 Å². The number of aromatic nitrogens is 2. The number of rotatable bonds is 1. The SMILES string of the molecule is O=C1NCc2c1ncn2C1CCCC1. The summed E-state index contributed by atoms with van der Waals surface area (Å²) < 4.78 is 2.19. The van der Waals surface area contributed by atoms with Crippen LogP contribution in [-0.4, -0.2) is 15.5 Å². The smallest absolute Gasteiger partial charge is 0.272 e.